The third kappa shape index (κ3) is 3.19. The lowest BCUT2D eigenvalue weighted by atomic mass is 10.1. The van der Waals surface area contributed by atoms with Crippen molar-refractivity contribution in [2.24, 2.45) is 5.73 Å². The summed E-state index contributed by atoms with van der Waals surface area (Å²) >= 11 is 0. The molecule has 1 aromatic rings. The molecule has 0 bridgehead atoms. The zero-order valence-electron chi connectivity index (χ0n) is 10.9. The molecule has 2 heterocycles. The molecule has 1 saturated heterocycles. The van der Waals surface area contributed by atoms with Crippen LogP contribution in [-0.4, -0.2) is 24.1 Å². The van der Waals surface area contributed by atoms with Crippen LogP contribution in [0.2, 0.25) is 0 Å². The lowest BCUT2D eigenvalue weighted by Crippen LogP contribution is -2.30. The largest absolute Gasteiger partial charge is 0.356 e. The summed E-state index contributed by atoms with van der Waals surface area (Å²) in [7, 11) is 0. The minimum atomic E-state index is 0.206. The highest BCUT2D eigenvalue weighted by Gasteiger charge is 2.14. The van der Waals surface area contributed by atoms with Gasteiger partial charge in [-0.2, -0.15) is 0 Å². The van der Waals surface area contributed by atoms with Crippen LogP contribution >= 0.6 is 0 Å². The second kappa shape index (κ2) is 5.50. The molecule has 1 unspecified atom stereocenters. The van der Waals surface area contributed by atoms with Crippen molar-refractivity contribution < 1.29 is 0 Å². The topological polar surface area (TPSA) is 42.1 Å². The van der Waals surface area contributed by atoms with E-state index in [1.807, 2.05) is 13.1 Å². The second-order valence-corrected chi connectivity index (χ2v) is 5.21. The van der Waals surface area contributed by atoms with E-state index in [0.717, 1.165) is 25.3 Å². The molecule has 0 radical (unpaired) electrons. The van der Waals surface area contributed by atoms with Gasteiger partial charge in [0.2, 0.25) is 0 Å². The van der Waals surface area contributed by atoms with E-state index < -0.39 is 0 Å². The fourth-order valence-corrected chi connectivity index (χ4v) is 2.55. The van der Waals surface area contributed by atoms with E-state index >= 15 is 0 Å². The van der Waals surface area contributed by atoms with Crippen molar-refractivity contribution in [3.63, 3.8) is 0 Å². The minimum Gasteiger partial charge on any atom is -0.356 e. The van der Waals surface area contributed by atoms with Crippen LogP contribution in [0.25, 0.3) is 0 Å². The summed E-state index contributed by atoms with van der Waals surface area (Å²) in [4.78, 5) is 7.04. The van der Waals surface area contributed by atoms with Crippen LogP contribution < -0.4 is 10.6 Å². The third-order valence-corrected chi connectivity index (χ3v) is 3.32. The van der Waals surface area contributed by atoms with E-state index in [1.165, 1.54) is 30.4 Å². The Labute approximate surface area is 104 Å². The molecular weight excluding hydrogens is 210 g/mol. The molecule has 2 rings (SSSR count). The fourth-order valence-electron chi connectivity index (χ4n) is 2.55. The molecule has 1 aliphatic heterocycles. The van der Waals surface area contributed by atoms with Crippen LogP contribution in [0, 0.1) is 6.92 Å². The molecule has 2 N–H and O–H groups in total. The van der Waals surface area contributed by atoms with Gasteiger partial charge >= 0.3 is 0 Å². The molecule has 1 fully saturated rings. The van der Waals surface area contributed by atoms with Gasteiger partial charge in [0, 0.05) is 25.3 Å². The highest BCUT2D eigenvalue weighted by atomic mass is 15.2. The van der Waals surface area contributed by atoms with Crippen LogP contribution in [0.4, 0.5) is 5.82 Å². The first kappa shape index (κ1) is 12.4. The molecule has 3 heteroatoms. The maximum atomic E-state index is 5.82. The number of aromatic nitrogens is 1. The number of hydrogen-bond donors (Lipinski definition) is 1. The number of anilines is 1. The van der Waals surface area contributed by atoms with Crippen molar-refractivity contribution in [2.75, 3.05) is 18.0 Å². The molecule has 0 spiro atoms. The molecule has 0 amide bonds. The number of nitrogens with zero attached hydrogens (tertiary/aromatic N) is 2. The standard InChI is InChI=1S/C14H23N3/c1-11-8-13(9-12(2)15)10-16-14(11)17-6-4-3-5-7-17/h8,10,12H,3-7,9,15H2,1-2H3. The molecule has 17 heavy (non-hydrogen) atoms. The Balaban J connectivity index is 2.13. The number of aryl methyl sites for hydroxylation is 1. The molecule has 0 aliphatic carbocycles. The third-order valence-electron chi connectivity index (χ3n) is 3.32. The van der Waals surface area contributed by atoms with Crippen molar-refractivity contribution in [3.05, 3.63) is 23.4 Å². The Morgan fingerprint density at radius 1 is 1.35 bits per heavy atom. The van der Waals surface area contributed by atoms with Crippen molar-refractivity contribution in [1.29, 1.82) is 0 Å². The molecule has 94 valence electrons. The SMILES string of the molecule is Cc1cc(CC(C)N)cnc1N1CCCCC1. The van der Waals surface area contributed by atoms with Gasteiger partial charge in [-0.1, -0.05) is 6.07 Å². The first-order valence-corrected chi connectivity index (χ1v) is 6.63. The quantitative estimate of drug-likeness (QED) is 0.871. The average molecular weight is 233 g/mol. The monoisotopic (exact) mass is 233 g/mol. The Kier molecular flexibility index (Phi) is 4.00. The summed E-state index contributed by atoms with van der Waals surface area (Å²) < 4.78 is 0. The summed E-state index contributed by atoms with van der Waals surface area (Å²) in [5.41, 5.74) is 8.35. The van der Waals surface area contributed by atoms with Crippen molar-refractivity contribution in [1.82, 2.24) is 4.98 Å². The molecule has 1 aliphatic rings. The van der Waals surface area contributed by atoms with E-state index in [1.54, 1.807) is 0 Å². The van der Waals surface area contributed by atoms with Crippen LogP contribution in [0.1, 0.15) is 37.3 Å². The van der Waals surface area contributed by atoms with E-state index in [0.29, 0.717) is 0 Å². The van der Waals surface area contributed by atoms with Gasteiger partial charge in [0.1, 0.15) is 5.82 Å². The van der Waals surface area contributed by atoms with E-state index in [2.05, 4.69) is 22.9 Å². The van der Waals surface area contributed by atoms with Crippen molar-refractivity contribution in [2.45, 2.75) is 45.6 Å². The number of piperidine rings is 1. The average Bonchev–Trinajstić information content (AvgIpc) is 2.29. The molecule has 0 aromatic carbocycles. The van der Waals surface area contributed by atoms with E-state index in [9.17, 15) is 0 Å². The van der Waals surface area contributed by atoms with Gasteiger partial charge in [0.25, 0.3) is 0 Å². The number of pyridine rings is 1. The van der Waals surface area contributed by atoms with E-state index in [-0.39, 0.29) is 6.04 Å². The lowest BCUT2D eigenvalue weighted by Gasteiger charge is -2.29. The summed E-state index contributed by atoms with van der Waals surface area (Å²) in [6.07, 6.45) is 6.85. The fraction of sp³-hybridized carbons (Fsp3) is 0.643. The Morgan fingerprint density at radius 3 is 2.65 bits per heavy atom. The zero-order chi connectivity index (χ0) is 12.3. The first-order valence-electron chi connectivity index (χ1n) is 6.63. The Bertz CT molecular complexity index is 368. The first-order chi connectivity index (χ1) is 8.16. The van der Waals surface area contributed by atoms with Gasteiger partial charge in [-0.25, -0.2) is 4.98 Å². The molecule has 1 aromatic heterocycles. The highest BCUT2D eigenvalue weighted by molar-refractivity contribution is 5.47. The Hall–Kier alpha value is -1.09. The van der Waals surface area contributed by atoms with Crippen molar-refractivity contribution in [3.8, 4) is 0 Å². The van der Waals surface area contributed by atoms with E-state index in [4.69, 9.17) is 5.73 Å². The summed E-state index contributed by atoms with van der Waals surface area (Å²) in [6.45, 7) is 6.50. The molecular formula is C14H23N3. The molecule has 3 nitrogen and oxygen atoms in total. The van der Waals surface area contributed by atoms with Gasteiger partial charge in [0.05, 0.1) is 0 Å². The highest BCUT2D eigenvalue weighted by Crippen LogP contribution is 2.22. The van der Waals surface area contributed by atoms with Crippen molar-refractivity contribution >= 4 is 5.82 Å². The van der Waals surface area contributed by atoms with Crippen LogP contribution in [-0.2, 0) is 6.42 Å². The molecule has 1 atom stereocenters. The molecule has 0 saturated carbocycles. The van der Waals surface area contributed by atoms with Gasteiger partial charge in [-0.05, 0) is 50.7 Å². The predicted molar refractivity (Wildman–Crippen MR) is 72.4 cm³/mol. The second-order valence-electron chi connectivity index (χ2n) is 5.21. The summed E-state index contributed by atoms with van der Waals surface area (Å²) in [5, 5.41) is 0. The van der Waals surface area contributed by atoms with Crippen LogP contribution in [0.3, 0.4) is 0 Å². The number of hydrogen-bond acceptors (Lipinski definition) is 3. The number of nitrogens with two attached hydrogens (primary N) is 1. The van der Waals surface area contributed by atoms with Crippen LogP contribution in [0.15, 0.2) is 12.3 Å². The number of rotatable bonds is 3. The predicted octanol–water partition coefficient (Wildman–Crippen LogP) is 2.27. The maximum Gasteiger partial charge on any atom is 0.131 e. The minimum absolute atomic E-state index is 0.206. The maximum absolute atomic E-state index is 5.82. The normalized spacial score (nSPS) is 18.2. The van der Waals surface area contributed by atoms with Gasteiger partial charge in [0.15, 0.2) is 0 Å². The Morgan fingerprint density at radius 2 is 2.06 bits per heavy atom. The van der Waals surface area contributed by atoms with Crippen LogP contribution in [0.5, 0.6) is 0 Å². The smallest absolute Gasteiger partial charge is 0.131 e. The van der Waals surface area contributed by atoms with Gasteiger partial charge < -0.3 is 10.6 Å². The summed E-state index contributed by atoms with van der Waals surface area (Å²) in [5.74, 6) is 1.16. The van der Waals surface area contributed by atoms with Gasteiger partial charge in [-0.15, -0.1) is 0 Å². The summed E-state index contributed by atoms with van der Waals surface area (Å²) in [6, 6.07) is 2.44. The lowest BCUT2D eigenvalue weighted by molar-refractivity contribution is 0.572. The zero-order valence-corrected chi connectivity index (χ0v) is 10.9. The van der Waals surface area contributed by atoms with Gasteiger partial charge in [-0.3, -0.25) is 0 Å².